The van der Waals surface area contributed by atoms with Crippen molar-refractivity contribution >= 4 is 11.6 Å². The van der Waals surface area contributed by atoms with E-state index < -0.39 is 6.04 Å². The summed E-state index contributed by atoms with van der Waals surface area (Å²) in [5, 5.41) is 3.10. The fourth-order valence-electron chi connectivity index (χ4n) is 3.87. The van der Waals surface area contributed by atoms with Crippen LogP contribution in [0, 0.1) is 0 Å². The highest BCUT2D eigenvalue weighted by Gasteiger charge is 2.24. The van der Waals surface area contributed by atoms with Crippen LogP contribution < -0.4 is 19.7 Å². The number of aryl methyl sites for hydroxylation is 1. The lowest BCUT2D eigenvalue weighted by atomic mass is 10.0. The minimum atomic E-state index is -0.506. The highest BCUT2D eigenvalue weighted by atomic mass is 16.5. The average molecular weight is 422 g/mol. The summed E-state index contributed by atoms with van der Waals surface area (Å²) in [6, 6.07) is 8.83. The predicted molar refractivity (Wildman–Crippen MR) is 118 cm³/mol. The lowest BCUT2D eigenvalue weighted by molar-refractivity contribution is 0.0936. The van der Waals surface area contributed by atoms with Gasteiger partial charge < -0.3 is 24.3 Å². The zero-order valence-corrected chi connectivity index (χ0v) is 18.0. The third kappa shape index (κ3) is 4.47. The molecule has 1 N–H and O–H groups in total. The predicted octanol–water partition coefficient (Wildman–Crippen LogP) is 2.95. The van der Waals surface area contributed by atoms with E-state index in [1.54, 1.807) is 32.7 Å². The molecule has 1 aliphatic rings. The summed E-state index contributed by atoms with van der Waals surface area (Å²) >= 11 is 0. The molecule has 0 aliphatic carbocycles. The van der Waals surface area contributed by atoms with Crippen molar-refractivity contribution in [2.75, 3.05) is 32.2 Å². The molecule has 0 bridgehead atoms. The summed E-state index contributed by atoms with van der Waals surface area (Å²) in [5.74, 6) is 1.70. The van der Waals surface area contributed by atoms with Gasteiger partial charge in [0.05, 0.1) is 14.2 Å². The molecule has 1 unspecified atom stereocenters. The van der Waals surface area contributed by atoms with Gasteiger partial charge in [0.15, 0.2) is 0 Å². The number of benzene rings is 1. The summed E-state index contributed by atoms with van der Waals surface area (Å²) in [7, 11) is 5.09. The molecule has 1 aliphatic heterocycles. The molecule has 31 heavy (non-hydrogen) atoms. The number of nitrogens with zero attached hydrogens (tertiary/aromatic N) is 4. The van der Waals surface area contributed by atoms with Crippen LogP contribution in [0.4, 0.5) is 5.69 Å². The van der Waals surface area contributed by atoms with Gasteiger partial charge in [0.1, 0.15) is 29.1 Å². The van der Waals surface area contributed by atoms with E-state index in [0.29, 0.717) is 23.0 Å². The second-order valence-corrected chi connectivity index (χ2v) is 7.54. The van der Waals surface area contributed by atoms with Crippen molar-refractivity contribution in [3.05, 3.63) is 66.0 Å². The van der Waals surface area contributed by atoms with E-state index in [-0.39, 0.29) is 5.91 Å². The molecule has 0 saturated carbocycles. The normalized spacial score (nSPS) is 14.4. The molecular weight excluding hydrogens is 394 g/mol. The van der Waals surface area contributed by atoms with Crippen LogP contribution >= 0.6 is 0 Å². The molecule has 162 valence electrons. The number of hydrogen-bond donors (Lipinski definition) is 1. The molecule has 3 aromatic rings. The van der Waals surface area contributed by atoms with Gasteiger partial charge in [-0.05, 0) is 42.7 Å². The highest BCUT2D eigenvalue weighted by molar-refractivity contribution is 5.93. The highest BCUT2D eigenvalue weighted by Crippen LogP contribution is 2.30. The molecule has 1 atom stereocenters. The maximum absolute atomic E-state index is 13.2. The summed E-state index contributed by atoms with van der Waals surface area (Å²) in [5.41, 5.74) is 2.20. The van der Waals surface area contributed by atoms with Crippen LogP contribution in [0.3, 0.4) is 0 Å². The summed E-state index contributed by atoms with van der Waals surface area (Å²) in [6.45, 7) is 2.01. The Morgan fingerprint density at radius 1 is 1.03 bits per heavy atom. The van der Waals surface area contributed by atoms with Crippen LogP contribution in [0.15, 0.2) is 48.9 Å². The topological polar surface area (TPSA) is 81.5 Å². The van der Waals surface area contributed by atoms with Gasteiger partial charge in [-0.15, -0.1) is 0 Å². The van der Waals surface area contributed by atoms with Crippen LogP contribution in [0.25, 0.3) is 0 Å². The van der Waals surface area contributed by atoms with Crippen LogP contribution in [-0.4, -0.2) is 47.8 Å². The number of imidazole rings is 1. The second kappa shape index (κ2) is 9.07. The minimum Gasteiger partial charge on any atom is -0.497 e. The minimum absolute atomic E-state index is 0.268. The number of hydrogen-bond acceptors (Lipinski definition) is 6. The molecule has 8 nitrogen and oxygen atoms in total. The van der Waals surface area contributed by atoms with E-state index in [9.17, 15) is 4.79 Å². The number of methoxy groups -OCH3 is 2. The molecule has 4 rings (SSSR count). The maximum atomic E-state index is 13.2. The van der Waals surface area contributed by atoms with Gasteiger partial charge in [-0.1, -0.05) is 0 Å². The fraction of sp³-hybridized carbons (Fsp3) is 0.348. The molecule has 3 heterocycles. The monoisotopic (exact) mass is 421 g/mol. The Balaban J connectivity index is 1.67. The molecule has 1 amide bonds. The van der Waals surface area contributed by atoms with Crippen molar-refractivity contribution < 1.29 is 14.3 Å². The third-order valence-corrected chi connectivity index (χ3v) is 5.55. The zero-order valence-electron chi connectivity index (χ0n) is 18.0. The number of pyridine rings is 1. The first-order chi connectivity index (χ1) is 15.1. The van der Waals surface area contributed by atoms with Crippen LogP contribution in [0.1, 0.15) is 40.8 Å². The molecule has 0 radical (unpaired) electrons. The fourth-order valence-corrected chi connectivity index (χ4v) is 3.87. The third-order valence-electron chi connectivity index (χ3n) is 5.55. The van der Waals surface area contributed by atoms with Crippen molar-refractivity contribution in [1.82, 2.24) is 19.9 Å². The zero-order chi connectivity index (χ0) is 21.8. The molecular formula is C23H27N5O3. The van der Waals surface area contributed by atoms with E-state index in [1.807, 2.05) is 42.1 Å². The number of rotatable bonds is 7. The lowest BCUT2D eigenvalue weighted by Crippen LogP contribution is -2.32. The Hall–Kier alpha value is -3.55. The summed E-state index contributed by atoms with van der Waals surface area (Å²) < 4.78 is 12.7. The van der Waals surface area contributed by atoms with Crippen molar-refractivity contribution in [3.63, 3.8) is 0 Å². The number of amides is 1. The van der Waals surface area contributed by atoms with Crippen molar-refractivity contribution in [1.29, 1.82) is 0 Å². The molecule has 2 aromatic heterocycles. The van der Waals surface area contributed by atoms with E-state index in [1.165, 1.54) is 12.8 Å². The molecule has 8 heteroatoms. The van der Waals surface area contributed by atoms with Gasteiger partial charge >= 0.3 is 0 Å². The first-order valence-electron chi connectivity index (χ1n) is 10.3. The first-order valence-corrected chi connectivity index (χ1v) is 10.3. The summed E-state index contributed by atoms with van der Waals surface area (Å²) in [6.07, 6.45) is 7.58. The Bertz CT molecular complexity index is 1040. The SMILES string of the molecule is COc1cc(OC)cc(C(NC(=O)c2cc(N3CCCC3)ccn2)c2nccn2C)c1. The molecule has 1 fully saturated rings. The van der Waals surface area contributed by atoms with Crippen molar-refractivity contribution in [2.24, 2.45) is 7.05 Å². The Labute approximate surface area is 181 Å². The van der Waals surface area contributed by atoms with Crippen molar-refractivity contribution in [3.8, 4) is 11.5 Å². The Kier molecular flexibility index (Phi) is 6.06. The van der Waals surface area contributed by atoms with Crippen LogP contribution in [0.2, 0.25) is 0 Å². The lowest BCUT2D eigenvalue weighted by Gasteiger charge is -2.21. The number of carbonyl (C=O) groups excluding carboxylic acids is 1. The molecule has 1 saturated heterocycles. The standard InChI is InChI=1S/C23H27N5O3/c1-27-11-8-25-22(27)21(16-12-18(30-2)15-19(13-16)31-3)26-23(29)20-14-17(6-7-24-20)28-9-4-5-10-28/h6-8,11-15,21H,4-5,9-10H2,1-3H3,(H,26,29). The van der Waals surface area contributed by atoms with Crippen LogP contribution in [0.5, 0.6) is 11.5 Å². The molecule has 0 spiro atoms. The smallest absolute Gasteiger partial charge is 0.270 e. The van der Waals surface area contributed by atoms with Crippen molar-refractivity contribution in [2.45, 2.75) is 18.9 Å². The van der Waals surface area contributed by atoms with Gasteiger partial charge in [0.25, 0.3) is 5.91 Å². The van der Waals surface area contributed by atoms with Crippen LogP contribution in [-0.2, 0) is 7.05 Å². The van der Waals surface area contributed by atoms with E-state index >= 15 is 0 Å². The van der Waals surface area contributed by atoms with Gasteiger partial charge in [0.2, 0.25) is 0 Å². The second-order valence-electron chi connectivity index (χ2n) is 7.54. The maximum Gasteiger partial charge on any atom is 0.270 e. The first kappa shape index (κ1) is 20.7. The Morgan fingerprint density at radius 3 is 2.35 bits per heavy atom. The Morgan fingerprint density at radius 2 is 1.74 bits per heavy atom. The van der Waals surface area contributed by atoms with E-state index in [0.717, 1.165) is 24.3 Å². The quantitative estimate of drug-likeness (QED) is 0.632. The van der Waals surface area contributed by atoms with E-state index in [2.05, 4.69) is 20.2 Å². The number of ether oxygens (including phenoxy) is 2. The largest absolute Gasteiger partial charge is 0.497 e. The van der Waals surface area contributed by atoms with E-state index in [4.69, 9.17) is 9.47 Å². The van der Waals surface area contributed by atoms with Gasteiger partial charge in [-0.2, -0.15) is 0 Å². The number of carbonyl (C=O) groups is 1. The average Bonchev–Trinajstić information content (AvgIpc) is 3.49. The van der Waals surface area contributed by atoms with Gasteiger partial charge in [-0.25, -0.2) is 4.98 Å². The van der Waals surface area contributed by atoms with Gasteiger partial charge in [0, 0.05) is 50.5 Å². The van der Waals surface area contributed by atoms with Gasteiger partial charge in [-0.3, -0.25) is 9.78 Å². The number of nitrogens with one attached hydrogen (secondary N) is 1. The number of aromatic nitrogens is 3. The summed E-state index contributed by atoms with van der Waals surface area (Å²) in [4.78, 5) is 24.3. The number of anilines is 1. The molecule has 1 aromatic carbocycles.